The van der Waals surface area contributed by atoms with Crippen molar-refractivity contribution in [2.45, 2.75) is 139 Å². The molecule has 0 bridgehead atoms. The van der Waals surface area contributed by atoms with Gasteiger partial charge in [0, 0.05) is 29.3 Å². The average molecular weight is 1040 g/mol. The van der Waals surface area contributed by atoms with Gasteiger partial charge in [-0.2, -0.15) is 26.3 Å². The minimum atomic E-state index is -5.43. The molecule has 0 radical (unpaired) electrons. The van der Waals surface area contributed by atoms with Gasteiger partial charge >= 0.3 is 12.4 Å². The molecule has 0 saturated heterocycles. The van der Waals surface area contributed by atoms with E-state index in [1.165, 1.54) is 34.8 Å². The van der Waals surface area contributed by atoms with Gasteiger partial charge in [0.15, 0.2) is 19.7 Å². The van der Waals surface area contributed by atoms with E-state index in [9.17, 15) is 16.8 Å². The molecule has 0 spiro atoms. The molecule has 0 N–H and O–H groups in total. The van der Waals surface area contributed by atoms with E-state index in [2.05, 4.69) is 13.8 Å². The molecule has 6 aromatic heterocycles. The maximum absolute atomic E-state index is 15.8. The zero-order valence-electron chi connectivity index (χ0n) is 35.7. The van der Waals surface area contributed by atoms with Crippen molar-refractivity contribution in [3.63, 3.8) is 0 Å². The number of halogens is 6. The molecule has 0 aliphatic heterocycles. The van der Waals surface area contributed by atoms with Gasteiger partial charge in [0.05, 0.1) is 51.9 Å². The van der Waals surface area contributed by atoms with E-state index in [1.807, 2.05) is 22.9 Å². The third-order valence-corrected chi connectivity index (χ3v) is 22.0. The predicted octanol–water partition coefficient (Wildman–Crippen LogP) is 18.3. The van der Waals surface area contributed by atoms with Crippen LogP contribution in [-0.2, 0) is 32.0 Å². The van der Waals surface area contributed by atoms with Gasteiger partial charge in [-0.05, 0) is 60.0 Å². The summed E-state index contributed by atoms with van der Waals surface area (Å²) in [5.41, 5.74) is -3.37. The SMILES string of the molecule is CCCCCCCCCCS(=O)(=O)c1c(-c2ccc(-c3cccs3)s2)sc(-c2sc(-c3ccc(-c4cccs4)s3)c(S(=O)(=O)CCCCCCCCCC)c2C(F)(F)F)c1C(F)(F)F. The number of alkyl halides is 6. The van der Waals surface area contributed by atoms with E-state index in [0.717, 1.165) is 96.6 Å². The quantitative estimate of drug-likeness (QED) is 0.0423. The Kier molecular flexibility index (Phi) is 18.1. The highest BCUT2D eigenvalue weighted by Gasteiger charge is 2.49. The third kappa shape index (κ3) is 12.6. The Balaban J connectivity index is 1.53. The molecular formula is C46H52F6O4S8. The van der Waals surface area contributed by atoms with Crippen LogP contribution in [0.15, 0.2) is 69.1 Å². The summed E-state index contributed by atoms with van der Waals surface area (Å²) in [6.45, 7) is 4.19. The lowest BCUT2D eigenvalue weighted by molar-refractivity contribution is -0.141. The summed E-state index contributed by atoms with van der Waals surface area (Å²) in [7, 11) is -9.51. The summed E-state index contributed by atoms with van der Waals surface area (Å²) in [4.78, 5) is -1.42. The third-order valence-electron chi connectivity index (χ3n) is 10.8. The van der Waals surface area contributed by atoms with E-state index < -0.39 is 74.2 Å². The van der Waals surface area contributed by atoms with Gasteiger partial charge in [0.2, 0.25) is 0 Å². The molecule has 6 heterocycles. The average Bonchev–Trinajstić information content (AvgIpc) is 4.08. The maximum atomic E-state index is 15.8. The Hall–Kier alpha value is -2.32. The van der Waals surface area contributed by atoms with Crippen molar-refractivity contribution in [3.8, 4) is 48.8 Å². The summed E-state index contributed by atoms with van der Waals surface area (Å²) in [5.74, 6) is -1.25. The highest BCUT2D eigenvalue weighted by Crippen LogP contribution is 2.59. The van der Waals surface area contributed by atoms with Crippen LogP contribution in [0.4, 0.5) is 26.3 Å². The first-order valence-electron chi connectivity index (χ1n) is 21.7. The molecule has 0 aliphatic rings. The van der Waals surface area contributed by atoms with Crippen LogP contribution in [-0.4, -0.2) is 28.3 Å². The standard InChI is InChI=1S/C46H52F6O4S8/c1-3-5-7-9-11-13-15-17-29-63(53,54)43-37(45(47,48)49)41(61-39(43)35-25-23-33(59-35)31-21-19-27-57-31)42-38(46(50,51)52)44(64(55,56)30-18-16-14-12-10-8-6-4-2)40(62-42)36-26-24-34(60-36)32-22-20-28-58-32/h19-28H,3-18,29-30H2,1-2H3. The number of hydrogen-bond donors (Lipinski definition) is 0. The van der Waals surface area contributed by atoms with E-state index >= 15 is 26.3 Å². The second-order valence-corrected chi connectivity index (χ2v) is 26.0. The second kappa shape index (κ2) is 22.7. The van der Waals surface area contributed by atoms with E-state index in [1.54, 1.807) is 24.3 Å². The molecule has 350 valence electrons. The van der Waals surface area contributed by atoms with E-state index in [4.69, 9.17) is 0 Å². The summed E-state index contributed by atoms with van der Waals surface area (Å²) in [6, 6.07) is 13.6. The minimum Gasteiger partial charge on any atom is -0.224 e. The molecule has 6 aromatic rings. The number of thiophene rings is 6. The minimum absolute atomic E-state index is 0.0753. The highest BCUT2D eigenvalue weighted by atomic mass is 32.2. The number of rotatable bonds is 25. The van der Waals surface area contributed by atoms with Crippen LogP contribution in [0, 0.1) is 0 Å². The molecule has 0 atom stereocenters. The maximum Gasteiger partial charge on any atom is 0.419 e. The van der Waals surface area contributed by atoms with Crippen molar-refractivity contribution in [2.75, 3.05) is 11.5 Å². The summed E-state index contributed by atoms with van der Waals surface area (Å²) in [5, 5.41) is 3.65. The largest absolute Gasteiger partial charge is 0.419 e. The molecule has 4 nitrogen and oxygen atoms in total. The van der Waals surface area contributed by atoms with Gasteiger partial charge in [0.1, 0.15) is 0 Å². The van der Waals surface area contributed by atoms with Gasteiger partial charge in [-0.25, -0.2) is 16.8 Å². The fraction of sp³-hybridized carbons (Fsp3) is 0.478. The van der Waals surface area contributed by atoms with Crippen molar-refractivity contribution in [2.24, 2.45) is 0 Å². The van der Waals surface area contributed by atoms with Crippen LogP contribution in [0.25, 0.3) is 48.8 Å². The monoisotopic (exact) mass is 1040 g/mol. The van der Waals surface area contributed by atoms with Crippen molar-refractivity contribution in [1.29, 1.82) is 0 Å². The van der Waals surface area contributed by atoms with Gasteiger partial charge in [-0.3, -0.25) is 0 Å². The molecule has 0 aliphatic carbocycles. The van der Waals surface area contributed by atoms with Gasteiger partial charge in [0.25, 0.3) is 0 Å². The Morgan fingerprint density at radius 3 is 1.05 bits per heavy atom. The molecule has 0 unspecified atom stereocenters. The van der Waals surface area contributed by atoms with Crippen molar-refractivity contribution >= 4 is 87.7 Å². The first-order chi connectivity index (χ1) is 30.5. The molecule has 0 saturated carbocycles. The van der Waals surface area contributed by atoms with Crippen molar-refractivity contribution < 1.29 is 43.2 Å². The predicted molar refractivity (Wildman–Crippen MR) is 260 cm³/mol. The fourth-order valence-electron chi connectivity index (χ4n) is 7.66. The van der Waals surface area contributed by atoms with Gasteiger partial charge in [-0.1, -0.05) is 116 Å². The van der Waals surface area contributed by atoms with Crippen LogP contribution < -0.4 is 0 Å². The molecule has 6 rings (SSSR count). The lowest BCUT2D eigenvalue weighted by Gasteiger charge is -2.15. The smallest absolute Gasteiger partial charge is 0.224 e. The van der Waals surface area contributed by atoms with Crippen LogP contribution in [0.2, 0.25) is 0 Å². The van der Waals surface area contributed by atoms with Crippen LogP contribution in [0.3, 0.4) is 0 Å². The van der Waals surface area contributed by atoms with Gasteiger partial charge in [-0.15, -0.1) is 68.0 Å². The number of sulfone groups is 2. The van der Waals surface area contributed by atoms with E-state index in [0.29, 0.717) is 58.1 Å². The Labute approximate surface area is 397 Å². The first kappa shape index (κ1) is 51.1. The van der Waals surface area contributed by atoms with Crippen LogP contribution >= 0.6 is 68.0 Å². The molecular weight excluding hydrogens is 987 g/mol. The summed E-state index contributed by atoms with van der Waals surface area (Å²) in [6.07, 6.45) is 1.57. The normalized spacial score (nSPS) is 12.8. The summed E-state index contributed by atoms with van der Waals surface area (Å²) < 4.78 is 153. The number of hydrogen-bond acceptors (Lipinski definition) is 10. The van der Waals surface area contributed by atoms with Crippen molar-refractivity contribution in [3.05, 3.63) is 70.4 Å². The zero-order chi connectivity index (χ0) is 46.1. The molecule has 0 amide bonds. The fourth-order valence-corrected chi connectivity index (χ4v) is 18.8. The Morgan fingerprint density at radius 2 is 0.734 bits per heavy atom. The molecule has 0 aromatic carbocycles. The van der Waals surface area contributed by atoms with Crippen LogP contribution in [0.1, 0.15) is 128 Å². The topological polar surface area (TPSA) is 68.3 Å². The lowest BCUT2D eigenvalue weighted by atomic mass is 10.1. The highest BCUT2D eigenvalue weighted by molar-refractivity contribution is 7.92. The number of unbranched alkanes of at least 4 members (excludes halogenated alkanes) is 14. The van der Waals surface area contributed by atoms with E-state index in [-0.39, 0.29) is 32.4 Å². The van der Waals surface area contributed by atoms with Crippen LogP contribution in [0.5, 0.6) is 0 Å². The molecule has 18 heteroatoms. The second-order valence-electron chi connectivity index (χ2n) is 15.8. The zero-order valence-corrected chi connectivity index (χ0v) is 42.2. The first-order valence-corrected chi connectivity index (χ1v) is 30.0. The molecule has 64 heavy (non-hydrogen) atoms. The Bertz CT molecular complexity index is 2430. The lowest BCUT2D eigenvalue weighted by Crippen LogP contribution is -2.17. The molecule has 0 fully saturated rings. The van der Waals surface area contributed by atoms with Gasteiger partial charge < -0.3 is 0 Å². The van der Waals surface area contributed by atoms with Crippen molar-refractivity contribution in [1.82, 2.24) is 0 Å². The Morgan fingerprint density at radius 1 is 0.406 bits per heavy atom. The summed E-state index contributed by atoms with van der Waals surface area (Å²) >= 11 is 5.57.